The largest absolute Gasteiger partial charge is 0.495 e. The highest BCUT2D eigenvalue weighted by molar-refractivity contribution is 6.16. The molecular weight excluding hydrogens is 336 g/mol. The van der Waals surface area contributed by atoms with E-state index in [9.17, 15) is 4.79 Å². The summed E-state index contributed by atoms with van der Waals surface area (Å²) in [6.45, 7) is 6.10. The predicted octanol–water partition coefficient (Wildman–Crippen LogP) is 3.58. The van der Waals surface area contributed by atoms with Crippen LogP contribution in [0.2, 0.25) is 0 Å². The van der Waals surface area contributed by atoms with Crippen LogP contribution in [0, 0.1) is 6.92 Å². The van der Waals surface area contributed by atoms with Crippen LogP contribution in [0.3, 0.4) is 0 Å². The number of hydrogen-bond acceptors (Lipinski definition) is 4. The third-order valence-electron chi connectivity index (χ3n) is 5.55. The summed E-state index contributed by atoms with van der Waals surface area (Å²) >= 11 is 0. The molecule has 0 saturated carbocycles. The Kier molecular flexibility index (Phi) is 4.75. The molecule has 1 aliphatic heterocycles. The monoisotopic (exact) mass is 362 g/mol. The highest BCUT2D eigenvalue weighted by atomic mass is 16.5. The summed E-state index contributed by atoms with van der Waals surface area (Å²) in [6, 6.07) is 12.4. The maximum absolute atomic E-state index is 12.9. The summed E-state index contributed by atoms with van der Waals surface area (Å²) < 4.78 is 5.64. The number of likely N-dealkylation sites (N-methyl/N-ethyl adjacent to an activating group) is 1. The molecule has 2 aromatic rings. The molecule has 0 spiro atoms. The van der Waals surface area contributed by atoms with Gasteiger partial charge in [0.15, 0.2) is 5.78 Å². The lowest BCUT2D eigenvalue weighted by atomic mass is 10.1. The summed E-state index contributed by atoms with van der Waals surface area (Å²) in [5.74, 6) is 0.915. The van der Waals surface area contributed by atoms with Gasteiger partial charge in [-0.1, -0.05) is 29.8 Å². The number of ketones is 1. The number of carbonyl (C=O) groups excluding carboxylic acids is 1. The van der Waals surface area contributed by atoms with Gasteiger partial charge in [0.05, 0.1) is 12.8 Å². The van der Waals surface area contributed by atoms with Gasteiger partial charge in [-0.2, -0.15) is 0 Å². The van der Waals surface area contributed by atoms with Gasteiger partial charge >= 0.3 is 0 Å². The van der Waals surface area contributed by atoms with E-state index in [1.807, 2.05) is 24.3 Å². The van der Waals surface area contributed by atoms with Crippen LogP contribution in [0.5, 0.6) is 5.75 Å². The molecule has 0 N–H and O–H groups in total. The number of nitrogens with zero attached hydrogens (tertiary/aromatic N) is 2. The minimum atomic E-state index is 0.120. The summed E-state index contributed by atoms with van der Waals surface area (Å²) in [4.78, 5) is 17.6. The first-order valence-electron chi connectivity index (χ1n) is 9.51. The van der Waals surface area contributed by atoms with Crippen LogP contribution in [0.4, 0.5) is 5.69 Å². The van der Waals surface area contributed by atoms with E-state index in [0.29, 0.717) is 6.42 Å². The van der Waals surface area contributed by atoms with Gasteiger partial charge in [0.1, 0.15) is 5.75 Å². The average molecular weight is 362 g/mol. The maximum Gasteiger partial charge on any atom is 0.189 e. The van der Waals surface area contributed by atoms with Crippen LogP contribution in [0.15, 0.2) is 42.0 Å². The Morgan fingerprint density at radius 3 is 2.56 bits per heavy atom. The Morgan fingerprint density at radius 1 is 1.07 bits per heavy atom. The van der Waals surface area contributed by atoms with Crippen molar-refractivity contribution in [1.29, 1.82) is 0 Å². The second kappa shape index (κ2) is 7.20. The lowest BCUT2D eigenvalue weighted by molar-refractivity contribution is 0.104. The molecule has 0 aromatic heterocycles. The Labute approximate surface area is 161 Å². The van der Waals surface area contributed by atoms with Crippen molar-refractivity contribution in [2.75, 3.05) is 45.2 Å². The smallest absolute Gasteiger partial charge is 0.189 e. The number of piperazine rings is 1. The summed E-state index contributed by atoms with van der Waals surface area (Å²) in [7, 11) is 3.84. The van der Waals surface area contributed by atoms with Gasteiger partial charge in [0, 0.05) is 43.7 Å². The lowest BCUT2D eigenvalue weighted by Gasteiger charge is -2.35. The Morgan fingerprint density at radius 2 is 1.85 bits per heavy atom. The molecule has 1 heterocycles. The topological polar surface area (TPSA) is 32.8 Å². The van der Waals surface area contributed by atoms with Crippen molar-refractivity contribution >= 4 is 17.5 Å². The zero-order valence-electron chi connectivity index (χ0n) is 16.3. The molecule has 2 aliphatic rings. The molecule has 2 aromatic carbocycles. The fourth-order valence-corrected chi connectivity index (χ4v) is 3.96. The molecule has 140 valence electrons. The highest BCUT2D eigenvalue weighted by Crippen LogP contribution is 2.38. The van der Waals surface area contributed by atoms with Crippen LogP contribution in [0.25, 0.3) is 6.08 Å². The maximum atomic E-state index is 12.9. The molecule has 0 radical (unpaired) electrons. The number of carbonyl (C=O) groups is 1. The molecular formula is C23H26N2O2. The fourth-order valence-electron chi connectivity index (χ4n) is 3.96. The summed E-state index contributed by atoms with van der Waals surface area (Å²) in [5.41, 5.74) is 6.13. The average Bonchev–Trinajstić information content (AvgIpc) is 2.96. The standard InChI is InChI=1S/C23H26N2O2/c1-16-5-4-6-17(11-16)12-19-13-18-14-21(25-9-7-24(2)8-10-25)22(27-3)15-20(18)23(19)26/h4-6,11-12,14-15H,7-10,13H2,1-3H3/b19-12+. The molecule has 1 fully saturated rings. The molecule has 4 rings (SSSR count). The van der Waals surface area contributed by atoms with Crippen LogP contribution in [-0.4, -0.2) is 51.0 Å². The minimum Gasteiger partial charge on any atom is -0.495 e. The minimum absolute atomic E-state index is 0.120. The van der Waals surface area contributed by atoms with E-state index in [1.54, 1.807) is 7.11 Å². The first kappa shape index (κ1) is 17.8. The molecule has 1 aliphatic carbocycles. The second-order valence-electron chi connectivity index (χ2n) is 7.56. The quantitative estimate of drug-likeness (QED) is 0.782. The Hall–Kier alpha value is -2.59. The van der Waals surface area contributed by atoms with Crippen LogP contribution in [0.1, 0.15) is 27.0 Å². The van der Waals surface area contributed by atoms with Crippen molar-refractivity contribution in [3.63, 3.8) is 0 Å². The van der Waals surface area contributed by atoms with E-state index in [-0.39, 0.29) is 5.78 Å². The van der Waals surface area contributed by atoms with Crippen LogP contribution in [-0.2, 0) is 6.42 Å². The number of anilines is 1. The summed E-state index contributed by atoms with van der Waals surface area (Å²) in [5, 5.41) is 0. The number of benzene rings is 2. The number of allylic oxidation sites excluding steroid dienone is 1. The second-order valence-corrected chi connectivity index (χ2v) is 7.56. The Balaban J connectivity index is 1.67. The van der Waals surface area contributed by atoms with Gasteiger partial charge in [-0.15, -0.1) is 0 Å². The molecule has 0 atom stereocenters. The van der Waals surface area contributed by atoms with E-state index in [2.05, 4.69) is 42.0 Å². The molecule has 4 nitrogen and oxygen atoms in total. The number of methoxy groups -OCH3 is 1. The third-order valence-corrected chi connectivity index (χ3v) is 5.55. The van der Waals surface area contributed by atoms with Crippen molar-refractivity contribution < 1.29 is 9.53 Å². The van der Waals surface area contributed by atoms with Crippen LogP contribution >= 0.6 is 0 Å². The predicted molar refractivity (Wildman–Crippen MR) is 110 cm³/mol. The number of aryl methyl sites for hydroxylation is 1. The summed E-state index contributed by atoms with van der Waals surface area (Å²) in [6.07, 6.45) is 2.71. The highest BCUT2D eigenvalue weighted by Gasteiger charge is 2.28. The van der Waals surface area contributed by atoms with Gasteiger partial charge in [-0.3, -0.25) is 4.79 Å². The van der Waals surface area contributed by atoms with Crippen LogP contribution < -0.4 is 9.64 Å². The van der Waals surface area contributed by atoms with Crippen molar-refractivity contribution in [1.82, 2.24) is 4.90 Å². The first-order valence-corrected chi connectivity index (χ1v) is 9.51. The molecule has 0 unspecified atom stereocenters. The number of rotatable bonds is 3. The zero-order chi connectivity index (χ0) is 19.0. The number of hydrogen-bond donors (Lipinski definition) is 0. The molecule has 1 saturated heterocycles. The normalized spacial score (nSPS) is 18.9. The first-order chi connectivity index (χ1) is 13.0. The third kappa shape index (κ3) is 3.50. The molecule has 0 amide bonds. The van der Waals surface area contributed by atoms with Crippen molar-refractivity contribution in [2.45, 2.75) is 13.3 Å². The van der Waals surface area contributed by atoms with Gasteiger partial charge in [-0.25, -0.2) is 0 Å². The Bertz CT molecular complexity index is 909. The van der Waals surface area contributed by atoms with E-state index >= 15 is 0 Å². The number of Topliss-reactive ketones (excluding diaryl/α,β-unsaturated/α-hetero) is 1. The molecule has 4 heteroatoms. The van der Waals surface area contributed by atoms with E-state index in [0.717, 1.165) is 59.9 Å². The van der Waals surface area contributed by atoms with E-state index in [1.165, 1.54) is 5.56 Å². The fraction of sp³-hybridized carbons (Fsp3) is 0.348. The molecule has 27 heavy (non-hydrogen) atoms. The van der Waals surface area contributed by atoms with Crippen molar-refractivity contribution in [3.8, 4) is 5.75 Å². The van der Waals surface area contributed by atoms with E-state index in [4.69, 9.17) is 4.74 Å². The van der Waals surface area contributed by atoms with Gasteiger partial charge in [0.25, 0.3) is 0 Å². The SMILES string of the molecule is COc1cc2c(cc1N1CCN(C)CC1)C/C(=C\c1cccc(C)c1)C2=O. The van der Waals surface area contributed by atoms with Gasteiger partial charge in [0.2, 0.25) is 0 Å². The van der Waals surface area contributed by atoms with E-state index < -0.39 is 0 Å². The van der Waals surface area contributed by atoms with Crippen molar-refractivity contribution in [3.05, 3.63) is 64.2 Å². The van der Waals surface area contributed by atoms with Crippen molar-refractivity contribution in [2.24, 2.45) is 0 Å². The molecule has 0 bridgehead atoms. The lowest BCUT2D eigenvalue weighted by Crippen LogP contribution is -2.44. The number of fused-ring (bicyclic) bond motifs is 1. The van der Waals surface area contributed by atoms with Gasteiger partial charge < -0.3 is 14.5 Å². The number of ether oxygens (including phenoxy) is 1. The zero-order valence-corrected chi connectivity index (χ0v) is 16.3. The van der Waals surface area contributed by atoms with Gasteiger partial charge in [-0.05, 0) is 43.3 Å².